The molecule has 1 N–H and O–H groups in total. The number of hydrogen-bond acceptors (Lipinski definition) is 1. The van der Waals surface area contributed by atoms with E-state index in [0.29, 0.717) is 5.54 Å². The van der Waals surface area contributed by atoms with Crippen LogP contribution in [0.2, 0.25) is 25.2 Å². The predicted octanol–water partition coefficient (Wildman–Crippen LogP) is 2.41. The smallest absolute Gasteiger partial charge is 0.0582 e. The number of aliphatic hydroxyl groups is 1. The molecule has 64 valence electrons. The molecule has 0 amide bonds. The van der Waals surface area contributed by atoms with E-state index in [1.165, 1.54) is 0 Å². The number of allylic oxidation sites excluding steroid dienone is 1. The fourth-order valence-electron chi connectivity index (χ4n) is 1.73. The number of aliphatic hydroxyl groups excluding tert-OH is 1. The van der Waals surface area contributed by atoms with Gasteiger partial charge in [0.15, 0.2) is 0 Å². The highest BCUT2D eigenvalue weighted by atomic mass is 28.3. The van der Waals surface area contributed by atoms with Crippen molar-refractivity contribution in [3.8, 4) is 0 Å². The van der Waals surface area contributed by atoms with Crippen molar-refractivity contribution in [2.75, 3.05) is 0 Å². The standard InChI is InChI=1S/C9H18OSi/c1-11(2,3)9-7-5-4-6-8(9)10/h4-5,8-10H,6-7H2,1-3H3. The lowest BCUT2D eigenvalue weighted by atomic mass is 10.0. The van der Waals surface area contributed by atoms with Crippen molar-refractivity contribution in [2.45, 2.75) is 44.1 Å². The van der Waals surface area contributed by atoms with E-state index in [4.69, 9.17) is 0 Å². The van der Waals surface area contributed by atoms with Gasteiger partial charge < -0.3 is 5.11 Å². The fourth-order valence-corrected chi connectivity index (χ4v) is 3.86. The van der Waals surface area contributed by atoms with Crippen molar-refractivity contribution in [1.82, 2.24) is 0 Å². The van der Waals surface area contributed by atoms with Gasteiger partial charge in [0.1, 0.15) is 0 Å². The first kappa shape index (κ1) is 9.01. The second-order valence-corrected chi connectivity index (χ2v) is 9.96. The minimum atomic E-state index is -1.12. The second-order valence-electron chi connectivity index (χ2n) is 4.48. The Kier molecular flexibility index (Phi) is 2.55. The molecule has 1 aliphatic rings. The van der Waals surface area contributed by atoms with E-state index in [-0.39, 0.29) is 6.10 Å². The molecule has 1 rings (SSSR count). The number of rotatable bonds is 1. The van der Waals surface area contributed by atoms with Gasteiger partial charge in [-0.05, 0) is 18.4 Å². The molecule has 1 aliphatic carbocycles. The average Bonchev–Trinajstić information content (AvgIpc) is 1.86. The maximum Gasteiger partial charge on any atom is 0.0582 e. The molecule has 2 heteroatoms. The van der Waals surface area contributed by atoms with Crippen LogP contribution in [0.4, 0.5) is 0 Å². The first-order valence-electron chi connectivity index (χ1n) is 4.35. The van der Waals surface area contributed by atoms with Crippen LogP contribution in [0.1, 0.15) is 12.8 Å². The van der Waals surface area contributed by atoms with Crippen molar-refractivity contribution in [1.29, 1.82) is 0 Å². The van der Waals surface area contributed by atoms with Crippen molar-refractivity contribution in [2.24, 2.45) is 0 Å². The summed E-state index contributed by atoms with van der Waals surface area (Å²) >= 11 is 0. The Hall–Kier alpha value is -0.0831. The zero-order chi connectivity index (χ0) is 8.48. The molecule has 0 radical (unpaired) electrons. The SMILES string of the molecule is C[Si](C)(C)C1CC=CCC1O. The highest BCUT2D eigenvalue weighted by Crippen LogP contribution is 2.33. The lowest BCUT2D eigenvalue weighted by Gasteiger charge is -2.33. The largest absolute Gasteiger partial charge is 0.393 e. The lowest BCUT2D eigenvalue weighted by molar-refractivity contribution is 0.161. The van der Waals surface area contributed by atoms with Crippen molar-refractivity contribution >= 4 is 8.07 Å². The van der Waals surface area contributed by atoms with Crippen LogP contribution in [-0.2, 0) is 0 Å². The van der Waals surface area contributed by atoms with Crippen LogP contribution in [0, 0.1) is 0 Å². The van der Waals surface area contributed by atoms with Gasteiger partial charge in [-0.3, -0.25) is 0 Å². The van der Waals surface area contributed by atoms with E-state index in [1.54, 1.807) is 0 Å². The Morgan fingerprint density at radius 3 is 2.09 bits per heavy atom. The van der Waals surface area contributed by atoms with Gasteiger partial charge in [0.05, 0.1) is 14.2 Å². The third-order valence-electron chi connectivity index (χ3n) is 2.51. The van der Waals surface area contributed by atoms with Crippen LogP contribution in [0.3, 0.4) is 0 Å². The van der Waals surface area contributed by atoms with Gasteiger partial charge in [0.25, 0.3) is 0 Å². The van der Waals surface area contributed by atoms with E-state index in [1.807, 2.05) is 0 Å². The molecule has 0 aromatic carbocycles. The van der Waals surface area contributed by atoms with Gasteiger partial charge >= 0.3 is 0 Å². The summed E-state index contributed by atoms with van der Waals surface area (Å²) in [6.07, 6.45) is 6.22. The van der Waals surface area contributed by atoms with Gasteiger partial charge in [-0.1, -0.05) is 31.8 Å². The van der Waals surface area contributed by atoms with Crippen LogP contribution in [0.15, 0.2) is 12.2 Å². The molecular formula is C9H18OSi. The zero-order valence-corrected chi connectivity index (χ0v) is 8.67. The summed E-state index contributed by atoms with van der Waals surface area (Å²) in [4.78, 5) is 0. The number of hydrogen-bond donors (Lipinski definition) is 1. The molecule has 0 aromatic heterocycles. The Bertz CT molecular complexity index is 157. The van der Waals surface area contributed by atoms with Crippen LogP contribution >= 0.6 is 0 Å². The van der Waals surface area contributed by atoms with E-state index >= 15 is 0 Å². The van der Waals surface area contributed by atoms with Crippen molar-refractivity contribution in [3.05, 3.63) is 12.2 Å². The first-order chi connectivity index (χ1) is 5.02. The van der Waals surface area contributed by atoms with Crippen molar-refractivity contribution in [3.63, 3.8) is 0 Å². The molecule has 2 unspecified atom stereocenters. The molecule has 0 aliphatic heterocycles. The van der Waals surface area contributed by atoms with Gasteiger partial charge in [-0.2, -0.15) is 0 Å². The third kappa shape index (κ3) is 2.17. The van der Waals surface area contributed by atoms with Gasteiger partial charge in [-0.25, -0.2) is 0 Å². The minimum absolute atomic E-state index is 0.0633. The minimum Gasteiger partial charge on any atom is -0.393 e. The highest BCUT2D eigenvalue weighted by molar-refractivity contribution is 6.77. The maximum absolute atomic E-state index is 9.69. The van der Waals surface area contributed by atoms with E-state index in [2.05, 4.69) is 31.8 Å². The van der Waals surface area contributed by atoms with Crippen LogP contribution < -0.4 is 0 Å². The van der Waals surface area contributed by atoms with Crippen LogP contribution in [0.5, 0.6) is 0 Å². The summed E-state index contributed by atoms with van der Waals surface area (Å²) in [7, 11) is -1.12. The zero-order valence-electron chi connectivity index (χ0n) is 7.67. The Labute approximate surface area is 70.1 Å². The average molecular weight is 170 g/mol. The van der Waals surface area contributed by atoms with E-state index in [9.17, 15) is 5.11 Å². The quantitative estimate of drug-likeness (QED) is 0.473. The summed E-state index contributed by atoms with van der Waals surface area (Å²) in [5, 5.41) is 9.69. The lowest BCUT2D eigenvalue weighted by Crippen LogP contribution is -2.36. The molecule has 0 fully saturated rings. The van der Waals surface area contributed by atoms with Crippen LogP contribution in [0.25, 0.3) is 0 Å². The Balaban J connectivity index is 2.64. The third-order valence-corrected chi connectivity index (χ3v) is 5.36. The molecule has 0 spiro atoms. The molecule has 0 heterocycles. The Morgan fingerprint density at radius 2 is 1.73 bits per heavy atom. The summed E-state index contributed by atoms with van der Waals surface area (Å²) in [6, 6.07) is 0. The summed E-state index contributed by atoms with van der Waals surface area (Å²) in [5.41, 5.74) is 0.576. The summed E-state index contributed by atoms with van der Waals surface area (Å²) < 4.78 is 0. The molecule has 0 saturated carbocycles. The molecule has 11 heavy (non-hydrogen) atoms. The topological polar surface area (TPSA) is 20.2 Å². The van der Waals surface area contributed by atoms with Gasteiger partial charge in [0.2, 0.25) is 0 Å². The molecule has 1 nitrogen and oxygen atoms in total. The second kappa shape index (κ2) is 3.11. The molecule has 0 aromatic rings. The monoisotopic (exact) mass is 170 g/mol. The molecular weight excluding hydrogens is 152 g/mol. The molecule has 0 saturated heterocycles. The highest BCUT2D eigenvalue weighted by Gasteiger charge is 2.32. The van der Waals surface area contributed by atoms with Crippen molar-refractivity contribution < 1.29 is 5.11 Å². The van der Waals surface area contributed by atoms with E-state index < -0.39 is 8.07 Å². The maximum atomic E-state index is 9.69. The predicted molar refractivity (Wildman–Crippen MR) is 51.5 cm³/mol. The first-order valence-corrected chi connectivity index (χ1v) is 7.92. The van der Waals surface area contributed by atoms with Crippen LogP contribution in [-0.4, -0.2) is 19.3 Å². The Morgan fingerprint density at radius 1 is 1.18 bits per heavy atom. The normalized spacial score (nSPS) is 32.4. The fraction of sp³-hybridized carbons (Fsp3) is 0.778. The van der Waals surface area contributed by atoms with Gasteiger partial charge in [-0.15, -0.1) is 0 Å². The van der Waals surface area contributed by atoms with E-state index in [0.717, 1.165) is 12.8 Å². The van der Waals surface area contributed by atoms with Gasteiger partial charge in [0, 0.05) is 0 Å². The summed E-state index contributed by atoms with van der Waals surface area (Å²) in [6.45, 7) is 7.00. The molecule has 0 bridgehead atoms. The molecule has 2 atom stereocenters. The summed E-state index contributed by atoms with van der Waals surface area (Å²) in [5.74, 6) is 0.